The molecule has 1 amide bonds. The topological polar surface area (TPSA) is 74.2 Å². The Bertz CT molecular complexity index is 383. The molecule has 5 nitrogen and oxygen atoms in total. The maximum Gasteiger partial charge on any atom is 0.220 e. The summed E-state index contributed by atoms with van der Waals surface area (Å²) < 4.78 is 0. The van der Waals surface area contributed by atoms with Crippen molar-refractivity contribution in [3.63, 3.8) is 0 Å². The first kappa shape index (κ1) is 13.0. The molecule has 0 aromatic carbocycles. The largest absolute Gasteiger partial charge is 0.391 e. The van der Waals surface area contributed by atoms with Gasteiger partial charge in [0.15, 0.2) is 0 Å². The summed E-state index contributed by atoms with van der Waals surface area (Å²) in [5.74, 6) is 0.167. The second-order valence-corrected chi connectivity index (χ2v) is 4.65. The number of amides is 1. The van der Waals surface area contributed by atoms with Crippen molar-refractivity contribution in [2.75, 3.05) is 19.6 Å². The molecule has 0 bridgehead atoms. The fraction of sp³-hybridized carbons (Fsp3) is 0.538. The normalized spacial score (nSPS) is 22.9. The molecule has 2 heterocycles. The average Bonchev–Trinajstić information content (AvgIpc) is 2.81. The molecule has 0 saturated carbocycles. The van der Waals surface area contributed by atoms with Crippen molar-refractivity contribution in [2.45, 2.75) is 18.9 Å². The zero-order valence-corrected chi connectivity index (χ0v) is 10.3. The van der Waals surface area contributed by atoms with E-state index in [0.29, 0.717) is 19.5 Å². The summed E-state index contributed by atoms with van der Waals surface area (Å²) in [5, 5.41) is 15.6. The zero-order chi connectivity index (χ0) is 12.8. The molecule has 0 radical (unpaired) electrons. The van der Waals surface area contributed by atoms with Crippen LogP contribution < -0.4 is 10.6 Å². The van der Waals surface area contributed by atoms with E-state index in [1.807, 2.05) is 12.1 Å². The summed E-state index contributed by atoms with van der Waals surface area (Å²) in [6.07, 6.45) is 4.31. The summed E-state index contributed by atoms with van der Waals surface area (Å²) in [7, 11) is 0. The lowest BCUT2D eigenvalue weighted by Crippen LogP contribution is -2.34. The summed E-state index contributed by atoms with van der Waals surface area (Å²) in [6, 6.07) is 3.83. The fourth-order valence-corrected chi connectivity index (χ4v) is 2.07. The number of β-amino-alcohol motifs (C(OH)–C–C–N with tert-alkyl or cyclic N) is 1. The van der Waals surface area contributed by atoms with Gasteiger partial charge in [-0.15, -0.1) is 0 Å². The number of hydrogen-bond acceptors (Lipinski definition) is 4. The number of carbonyl (C=O) groups excluding carboxylic acids is 1. The minimum atomic E-state index is -0.342. The van der Waals surface area contributed by atoms with Crippen LogP contribution >= 0.6 is 0 Å². The van der Waals surface area contributed by atoms with E-state index in [9.17, 15) is 9.90 Å². The molecule has 2 atom stereocenters. The molecule has 1 fully saturated rings. The van der Waals surface area contributed by atoms with Crippen molar-refractivity contribution in [3.05, 3.63) is 30.1 Å². The number of aromatic nitrogens is 1. The maximum atomic E-state index is 11.7. The number of nitrogens with one attached hydrogen (secondary N) is 2. The zero-order valence-electron chi connectivity index (χ0n) is 10.3. The van der Waals surface area contributed by atoms with E-state index < -0.39 is 0 Å². The molecule has 5 heteroatoms. The predicted octanol–water partition coefficient (Wildman–Crippen LogP) is -0.289. The number of pyridine rings is 1. The molecule has 3 N–H and O–H groups in total. The number of aryl methyl sites for hydroxylation is 1. The number of carbonyl (C=O) groups is 1. The van der Waals surface area contributed by atoms with Crippen LogP contribution in [0.2, 0.25) is 0 Å². The van der Waals surface area contributed by atoms with E-state index in [0.717, 1.165) is 18.5 Å². The van der Waals surface area contributed by atoms with Crippen molar-refractivity contribution in [2.24, 2.45) is 5.92 Å². The monoisotopic (exact) mass is 249 g/mol. The van der Waals surface area contributed by atoms with E-state index in [1.54, 1.807) is 12.4 Å². The van der Waals surface area contributed by atoms with Gasteiger partial charge in [0.05, 0.1) is 6.10 Å². The lowest BCUT2D eigenvalue weighted by atomic mass is 10.1. The van der Waals surface area contributed by atoms with Gasteiger partial charge < -0.3 is 15.7 Å². The number of hydrogen-bond donors (Lipinski definition) is 3. The number of rotatable bonds is 5. The lowest BCUT2D eigenvalue weighted by molar-refractivity contribution is -0.121. The van der Waals surface area contributed by atoms with Crippen molar-refractivity contribution >= 4 is 5.91 Å². The van der Waals surface area contributed by atoms with Gasteiger partial charge in [0.25, 0.3) is 0 Å². The van der Waals surface area contributed by atoms with Crippen LogP contribution in [0.15, 0.2) is 24.5 Å². The molecule has 2 unspecified atom stereocenters. The molecule has 1 aromatic rings. The molecule has 1 aliphatic heterocycles. The Morgan fingerprint density at radius 3 is 2.89 bits per heavy atom. The van der Waals surface area contributed by atoms with Gasteiger partial charge in [0.2, 0.25) is 5.91 Å². The fourth-order valence-electron chi connectivity index (χ4n) is 2.07. The van der Waals surface area contributed by atoms with Crippen LogP contribution in [0.5, 0.6) is 0 Å². The number of nitrogens with zero attached hydrogens (tertiary/aromatic N) is 1. The highest BCUT2D eigenvalue weighted by molar-refractivity contribution is 5.76. The van der Waals surface area contributed by atoms with Crippen LogP contribution in [0.25, 0.3) is 0 Å². The highest BCUT2D eigenvalue weighted by Crippen LogP contribution is 2.07. The smallest absolute Gasteiger partial charge is 0.220 e. The Morgan fingerprint density at radius 1 is 1.44 bits per heavy atom. The molecule has 1 aromatic heterocycles. The van der Waals surface area contributed by atoms with E-state index in [1.165, 1.54) is 0 Å². The van der Waals surface area contributed by atoms with Crippen LogP contribution in [0.4, 0.5) is 0 Å². The van der Waals surface area contributed by atoms with Crippen LogP contribution in [0.1, 0.15) is 12.0 Å². The van der Waals surface area contributed by atoms with Crippen molar-refractivity contribution in [1.82, 2.24) is 15.6 Å². The predicted molar refractivity (Wildman–Crippen MR) is 67.9 cm³/mol. The summed E-state index contributed by atoms with van der Waals surface area (Å²) >= 11 is 0. The summed E-state index contributed by atoms with van der Waals surface area (Å²) in [4.78, 5) is 15.6. The summed E-state index contributed by atoms with van der Waals surface area (Å²) in [5.41, 5.74) is 1.11. The van der Waals surface area contributed by atoms with Crippen molar-refractivity contribution in [1.29, 1.82) is 0 Å². The minimum absolute atomic E-state index is 0.0333. The lowest BCUT2D eigenvalue weighted by Gasteiger charge is -2.14. The molecule has 1 aliphatic rings. The van der Waals surface area contributed by atoms with E-state index in [4.69, 9.17) is 0 Å². The van der Waals surface area contributed by atoms with Gasteiger partial charge >= 0.3 is 0 Å². The van der Waals surface area contributed by atoms with Crippen LogP contribution in [0.3, 0.4) is 0 Å². The maximum absolute atomic E-state index is 11.7. The van der Waals surface area contributed by atoms with Crippen molar-refractivity contribution < 1.29 is 9.90 Å². The highest BCUT2D eigenvalue weighted by atomic mass is 16.3. The second-order valence-electron chi connectivity index (χ2n) is 4.65. The van der Waals surface area contributed by atoms with Crippen LogP contribution in [-0.2, 0) is 11.2 Å². The Kier molecular flexibility index (Phi) is 4.66. The van der Waals surface area contributed by atoms with Gasteiger partial charge in [-0.3, -0.25) is 9.78 Å². The van der Waals surface area contributed by atoms with Gasteiger partial charge in [0, 0.05) is 44.4 Å². The van der Waals surface area contributed by atoms with E-state index >= 15 is 0 Å². The molecule has 98 valence electrons. The Hall–Kier alpha value is -1.46. The van der Waals surface area contributed by atoms with Gasteiger partial charge in [0.1, 0.15) is 0 Å². The molecular weight excluding hydrogens is 230 g/mol. The van der Waals surface area contributed by atoms with Crippen LogP contribution in [-0.4, -0.2) is 41.7 Å². The van der Waals surface area contributed by atoms with Gasteiger partial charge in [-0.05, 0) is 24.1 Å². The van der Waals surface area contributed by atoms with Gasteiger partial charge in [-0.1, -0.05) is 0 Å². The first-order valence-electron chi connectivity index (χ1n) is 6.30. The molecule has 1 saturated heterocycles. The average molecular weight is 249 g/mol. The third-order valence-electron chi connectivity index (χ3n) is 3.26. The molecule has 0 spiro atoms. The van der Waals surface area contributed by atoms with E-state index in [2.05, 4.69) is 15.6 Å². The first-order chi connectivity index (χ1) is 8.75. The standard InChI is InChI=1S/C13H19N3O2/c17-12-9-15-7-11(12)8-16-13(18)2-1-10-3-5-14-6-4-10/h3-6,11-12,15,17H,1-2,7-9H2,(H,16,18). The first-order valence-corrected chi connectivity index (χ1v) is 6.30. The molecule has 18 heavy (non-hydrogen) atoms. The summed E-state index contributed by atoms with van der Waals surface area (Å²) in [6.45, 7) is 1.94. The van der Waals surface area contributed by atoms with E-state index in [-0.39, 0.29) is 17.9 Å². The third kappa shape index (κ3) is 3.78. The number of aliphatic hydroxyl groups is 1. The van der Waals surface area contributed by atoms with Crippen molar-refractivity contribution in [3.8, 4) is 0 Å². The van der Waals surface area contributed by atoms with Crippen LogP contribution in [0, 0.1) is 5.92 Å². The molecule has 2 rings (SSSR count). The Labute approximate surface area is 107 Å². The van der Waals surface area contributed by atoms with Gasteiger partial charge in [-0.2, -0.15) is 0 Å². The van der Waals surface area contributed by atoms with Gasteiger partial charge in [-0.25, -0.2) is 0 Å². The number of aliphatic hydroxyl groups excluding tert-OH is 1. The third-order valence-corrected chi connectivity index (χ3v) is 3.26. The highest BCUT2D eigenvalue weighted by Gasteiger charge is 2.24. The molecular formula is C13H19N3O2. The Morgan fingerprint density at radius 2 is 2.22 bits per heavy atom. The molecule has 0 aliphatic carbocycles. The Balaban J connectivity index is 1.66. The quantitative estimate of drug-likeness (QED) is 0.670. The minimum Gasteiger partial charge on any atom is -0.391 e. The SMILES string of the molecule is O=C(CCc1ccncc1)NCC1CNCC1O. The second kappa shape index (κ2) is 6.47.